The summed E-state index contributed by atoms with van der Waals surface area (Å²) in [6.07, 6.45) is 4.23. The normalized spacial score (nSPS) is 29.9. The number of carbonyl (C=O) groups excluding carboxylic acids is 1. The molecule has 120 valence electrons. The van der Waals surface area contributed by atoms with Crippen LogP contribution in [-0.4, -0.2) is 30.1 Å². The molecule has 0 spiro atoms. The van der Waals surface area contributed by atoms with Crippen LogP contribution in [0.15, 0.2) is 24.3 Å². The Balaban J connectivity index is 1.82. The van der Waals surface area contributed by atoms with Crippen molar-refractivity contribution in [1.29, 1.82) is 0 Å². The van der Waals surface area contributed by atoms with Crippen molar-refractivity contribution >= 4 is 6.03 Å². The second kappa shape index (κ2) is 5.94. The molecule has 1 aromatic rings. The molecule has 2 bridgehead atoms. The molecule has 1 N–H and O–H groups in total. The number of urea groups is 1. The van der Waals surface area contributed by atoms with Gasteiger partial charge in [0.15, 0.2) is 0 Å². The van der Waals surface area contributed by atoms with E-state index in [2.05, 4.69) is 55.3 Å². The zero-order valence-corrected chi connectivity index (χ0v) is 14.1. The summed E-state index contributed by atoms with van der Waals surface area (Å²) in [5.41, 5.74) is 3.14. The summed E-state index contributed by atoms with van der Waals surface area (Å²) in [5, 5.41) is 3.10. The number of benzene rings is 1. The topological polar surface area (TPSA) is 32.3 Å². The molecule has 3 atom stereocenters. The van der Waals surface area contributed by atoms with E-state index in [9.17, 15) is 4.79 Å². The molecule has 0 radical (unpaired) electrons. The highest BCUT2D eigenvalue weighted by atomic mass is 16.2. The molecule has 0 saturated carbocycles. The molecule has 1 aromatic carbocycles. The van der Waals surface area contributed by atoms with Crippen LogP contribution >= 0.6 is 0 Å². The highest BCUT2D eigenvalue weighted by Crippen LogP contribution is 2.48. The van der Waals surface area contributed by atoms with Crippen LogP contribution in [0.4, 0.5) is 4.79 Å². The van der Waals surface area contributed by atoms with Gasteiger partial charge in [0, 0.05) is 19.1 Å². The number of amides is 2. The molecule has 2 aliphatic rings. The van der Waals surface area contributed by atoms with Crippen molar-refractivity contribution in [3.8, 4) is 0 Å². The molecule has 0 unspecified atom stereocenters. The Labute approximate surface area is 134 Å². The number of piperidine rings is 1. The smallest absolute Gasteiger partial charge is 0.317 e. The van der Waals surface area contributed by atoms with Gasteiger partial charge in [0.1, 0.15) is 0 Å². The van der Waals surface area contributed by atoms with E-state index < -0.39 is 0 Å². The molecule has 3 heteroatoms. The average molecular weight is 300 g/mol. The predicted molar refractivity (Wildman–Crippen MR) is 90.1 cm³/mol. The number of rotatable bonds is 3. The highest BCUT2D eigenvalue weighted by molar-refractivity contribution is 5.75. The number of unbranched alkanes of at least 4 members (excludes halogenated alkanes) is 1. The van der Waals surface area contributed by atoms with Crippen LogP contribution in [0.1, 0.15) is 51.2 Å². The van der Waals surface area contributed by atoms with Crippen LogP contribution in [0.3, 0.4) is 0 Å². The number of nitrogens with one attached hydrogen (secondary N) is 1. The van der Waals surface area contributed by atoms with E-state index in [1.54, 1.807) is 0 Å². The Morgan fingerprint density at radius 3 is 2.95 bits per heavy atom. The molecule has 22 heavy (non-hydrogen) atoms. The van der Waals surface area contributed by atoms with E-state index in [0.29, 0.717) is 12.0 Å². The first-order valence-corrected chi connectivity index (χ1v) is 8.70. The van der Waals surface area contributed by atoms with Crippen LogP contribution in [0.5, 0.6) is 0 Å². The molecule has 1 heterocycles. The first-order chi connectivity index (χ1) is 10.6. The van der Waals surface area contributed by atoms with Gasteiger partial charge in [0.25, 0.3) is 0 Å². The fourth-order valence-electron chi connectivity index (χ4n) is 4.31. The second-order valence-corrected chi connectivity index (χ2v) is 7.16. The van der Waals surface area contributed by atoms with Gasteiger partial charge in [-0.3, -0.25) is 0 Å². The van der Waals surface area contributed by atoms with Gasteiger partial charge in [0.2, 0.25) is 0 Å². The van der Waals surface area contributed by atoms with Crippen molar-refractivity contribution in [1.82, 2.24) is 10.2 Å². The quantitative estimate of drug-likeness (QED) is 0.848. The number of carbonyl (C=O) groups is 1. The summed E-state index contributed by atoms with van der Waals surface area (Å²) in [4.78, 5) is 14.6. The molecule has 1 aliphatic heterocycles. The molecular weight excluding hydrogens is 272 g/mol. The van der Waals surface area contributed by atoms with E-state index in [-0.39, 0.29) is 11.4 Å². The van der Waals surface area contributed by atoms with E-state index in [1.165, 1.54) is 11.1 Å². The van der Waals surface area contributed by atoms with Crippen LogP contribution in [0, 0.1) is 5.92 Å². The Morgan fingerprint density at radius 1 is 1.41 bits per heavy atom. The predicted octanol–water partition coefficient (Wildman–Crippen LogP) is 3.72. The molecule has 3 nitrogen and oxygen atoms in total. The molecule has 1 aliphatic carbocycles. The number of hydrogen-bond donors (Lipinski definition) is 1. The molecule has 1 fully saturated rings. The summed E-state index contributed by atoms with van der Waals surface area (Å²) in [5.74, 6) is 0.507. The van der Waals surface area contributed by atoms with Gasteiger partial charge in [-0.05, 0) is 41.7 Å². The number of hydrogen-bond acceptors (Lipinski definition) is 1. The lowest BCUT2D eigenvalue weighted by atomic mass is 9.59. The Bertz CT molecular complexity index is 556. The Hall–Kier alpha value is -1.51. The minimum Gasteiger partial charge on any atom is -0.338 e. The van der Waals surface area contributed by atoms with Gasteiger partial charge in [-0.2, -0.15) is 0 Å². The first-order valence-electron chi connectivity index (χ1n) is 8.70. The van der Waals surface area contributed by atoms with Crippen LogP contribution < -0.4 is 5.32 Å². The van der Waals surface area contributed by atoms with Crippen LogP contribution in [0.2, 0.25) is 0 Å². The summed E-state index contributed by atoms with van der Waals surface area (Å²) < 4.78 is 0. The second-order valence-electron chi connectivity index (χ2n) is 7.16. The van der Waals surface area contributed by atoms with Crippen LogP contribution in [0.25, 0.3) is 0 Å². The fraction of sp³-hybridized carbons (Fsp3) is 0.632. The molecule has 0 aromatic heterocycles. The monoisotopic (exact) mass is 300 g/mol. The lowest BCUT2D eigenvalue weighted by Gasteiger charge is -2.54. The number of likely N-dealkylation sites (tertiary alicyclic amines) is 1. The molecule has 2 amide bonds. The first kappa shape index (κ1) is 15.4. The largest absolute Gasteiger partial charge is 0.338 e. The SMILES string of the molecule is CCCCNC(=O)N1CC[C@@]2(C)c3ccccc3C[C@@H]1[C@H]2C. The summed E-state index contributed by atoms with van der Waals surface area (Å²) in [6.45, 7) is 8.53. The van der Waals surface area contributed by atoms with Gasteiger partial charge in [-0.25, -0.2) is 4.79 Å². The Kier molecular flexibility index (Phi) is 4.16. The van der Waals surface area contributed by atoms with E-state index in [4.69, 9.17) is 0 Å². The van der Waals surface area contributed by atoms with Gasteiger partial charge >= 0.3 is 6.03 Å². The van der Waals surface area contributed by atoms with Crippen molar-refractivity contribution in [3.63, 3.8) is 0 Å². The van der Waals surface area contributed by atoms with Gasteiger partial charge in [-0.15, -0.1) is 0 Å². The number of nitrogens with zero attached hydrogens (tertiary/aromatic N) is 1. The third kappa shape index (κ3) is 2.41. The van der Waals surface area contributed by atoms with Crippen LogP contribution in [-0.2, 0) is 11.8 Å². The molecule has 3 rings (SSSR count). The zero-order valence-electron chi connectivity index (χ0n) is 14.1. The van der Waals surface area contributed by atoms with E-state index in [1.807, 2.05) is 0 Å². The fourth-order valence-corrected chi connectivity index (χ4v) is 4.31. The van der Waals surface area contributed by atoms with Crippen molar-refractivity contribution in [2.24, 2.45) is 5.92 Å². The highest BCUT2D eigenvalue weighted by Gasteiger charge is 2.49. The molecule has 1 saturated heterocycles. The van der Waals surface area contributed by atoms with Gasteiger partial charge in [-0.1, -0.05) is 51.5 Å². The maximum Gasteiger partial charge on any atom is 0.317 e. The maximum absolute atomic E-state index is 12.5. The van der Waals surface area contributed by atoms with Crippen molar-refractivity contribution in [2.75, 3.05) is 13.1 Å². The third-order valence-electron chi connectivity index (χ3n) is 5.98. The van der Waals surface area contributed by atoms with Gasteiger partial charge in [0.05, 0.1) is 0 Å². The van der Waals surface area contributed by atoms with Crippen molar-refractivity contribution < 1.29 is 4.79 Å². The third-order valence-corrected chi connectivity index (χ3v) is 5.98. The summed E-state index contributed by atoms with van der Waals surface area (Å²) in [6, 6.07) is 9.27. The zero-order chi connectivity index (χ0) is 15.7. The Morgan fingerprint density at radius 2 is 2.18 bits per heavy atom. The van der Waals surface area contributed by atoms with Crippen molar-refractivity contribution in [2.45, 2.75) is 57.9 Å². The summed E-state index contributed by atoms with van der Waals surface area (Å²) >= 11 is 0. The van der Waals surface area contributed by atoms with E-state index in [0.717, 1.165) is 38.8 Å². The molecular formula is C19H28N2O. The van der Waals surface area contributed by atoms with E-state index >= 15 is 0 Å². The maximum atomic E-state index is 12.5. The van der Waals surface area contributed by atoms with Gasteiger partial charge < -0.3 is 10.2 Å². The summed E-state index contributed by atoms with van der Waals surface area (Å²) in [7, 11) is 0. The standard InChI is InChI=1S/C19H28N2O/c1-4-5-11-20-18(22)21-12-10-19(3)14(2)17(21)13-15-8-6-7-9-16(15)19/h6-9,14,17H,4-5,10-13H2,1-3H3,(H,20,22)/t14-,17-,19-/m1/s1. The lowest BCUT2D eigenvalue weighted by molar-refractivity contribution is 0.0556. The minimum absolute atomic E-state index is 0.131. The minimum atomic E-state index is 0.131. The lowest BCUT2D eigenvalue weighted by Crippen LogP contribution is -2.61. The average Bonchev–Trinajstić information content (AvgIpc) is 2.51. The van der Waals surface area contributed by atoms with Crippen molar-refractivity contribution in [3.05, 3.63) is 35.4 Å². The number of fused-ring (bicyclic) bond motifs is 4.